The summed E-state index contributed by atoms with van der Waals surface area (Å²) in [5, 5.41) is 1.19. The van der Waals surface area contributed by atoms with Crippen molar-refractivity contribution in [1.82, 2.24) is 4.98 Å². The second kappa shape index (κ2) is 4.32. The van der Waals surface area contributed by atoms with E-state index in [0.29, 0.717) is 6.42 Å². The number of halogens is 1. The van der Waals surface area contributed by atoms with Gasteiger partial charge in [-0.2, -0.15) is 0 Å². The Kier molecular flexibility index (Phi) is 2.57. The lowest BCUT2D eigenvalue weighted by Gasteiger charge is -2.09. The molecule has 0 spiro atoms. The number of nitrogens with one attached hydrogen (secondary N) is 1. The maximum absolute atomic E-state index is 12.2. The Morgan fingerprint density at radius 3 is 2.85 bits per heavy atom. The highest BCUT2D eigenvalue weighted by atomic mass is 79.9. The molecule has 0 saturated carbocycles. The van der Waals surface area contributed by atoms with Crippen LogP contribution in [0.5, 0.6) is 0 Å². The van der Waals surface area contributed by atoms with E-state index < -0.39 is 0 Å². The number of hydrogen-bond acceptors (Lipinski definition) is 1. The summed E-state index contributed by atoms with van der Waals surface area (Å²) in [6, 6.07) is 14.2. The van der Waals surface area contributed by atoms with Gasteiger partial charge in [0.2, 0.25) is 0 Å². The van der Waals surface area contributed by atoms with Crippen molar-refractivity contribution in [1.29, 1.82) is 0 Å². The van der Waals surface area contributed by atoms with Crippen molar-refractivity contribution >= 4 is 32.6 Å². The van der Waals surface area contributed by atoms with E-state index in [1.807, 2.05) is 30.5 Å². The molecule has 3 aromatic rings. The highest BCUT2D eigenvalue weighted by Gasteiger charge is 2.31. The minimum atomic E-state index is 0.168. The van der Waals surface area contributed by atoms with Gasteiger partial charge in [-0.25, -0.2) is 0 Å². The molecule has 0 fully saturated rings. The number of Topliss-reactive ketones (excluding diaryl/α,β-unsaturated/α-hetero) is 1. The summed E-state index contributed by atoms with van der Waals surface area (Å²) >= 11 is 3.52. The van der Waals surface area contributed by atoms with E-state index in [-0.39, 0.29) is 11.7 Å². The number of rotatable bonds is 1. The number of aromatic amines is 1. The zero-order valence-corrected chi connectivity index (χ0v) is 12.3. The summed E-state index contributed by atoms with van der Waals surface area (Å²) in [5.41, 5.74) is 4.35. The molecule has 1 aliphatic carbocycles. The SMILES string of the molecule is O=C1CC(c2c[nH]c3ccc(Br)cc23)c2ccccc21. The van der Waals surface area contributed by atoms with Crippen LogP contribution in [0.25, 0.3) is 10.9 Å². The molecular formula is C17H12BrNO. The highest BCUT2D eigenvalue weighted by molar-refractivity contribution is 9.10. The largest absolute Gasteiger partial charge is 0.361 e. The number of H-pyrrole nitrogens is 1. The molecule has 1 unspecified atom stereocenters. The molecule has 1 N–H and O–H groups in total. The molecule has 1 aromatic heterocycles. The standard InChI is InChI=1S/C17H12BrNO/c18-10-5-6-16-14(7-10)15(9-19-16)13-8-17(20)12-4-2-1-3-11(12)13/h1-7,9,13,19H,8H2. The second-order valence-electron chi connectivity index (χ2n) is 5.20. The Balaban J connectivity index is 1.93. The van der Waals surface area contributed by atoms with Gasteiger partial charge in [-0.1, -0.05) is 40.2 Å². The zero-order valence-electron chi connectivity index (χ0n) is 10.7. The molecule has 0 radical (unpaired) electrons. The van der Waals surface area contributed by atoms with Gasteiger partial charge in [-0.05, 0) is 29.3 Å². The van der Waals surface area contributed by atoms with Crippen molar-refractivity contribution in [2.45, 2.75) is 12.3 Å². The fraction of sp³-hybridized carbons (Fsp3) is 0.118. The van der Waals surface area contributed by atoms with Crippen LogP contribution in [0.3, 0.4) is 0 Å². The molecular weight excluding hydrogens is 314 g/mol. The molecule has 2 aromatic carbocycles. The minimum Gasteiger partial charge on any atom is -0.361 e. The molecule has 0 bridgehead atoms. The maximum atomic E-state index is 12.2. The Morgan fingerprint density at radius 1 is 1.10 bits per heavy atom. The van der Waals surface area contributed by atoms with Crippen LogP contribution in [-0.2, 0) is 0 Å². The summed E-state index contributed by atoms with van der Waals surface area (Å²) in [6.07, 6.45) is 2.61. The first-order chi connectivity index (χ1) is 9.74. The quantitative estimate of drug-likeness (QED) is 0.694. The first-order valence-electron chi connectivity index (χ1n) is 6.62. The van der Waals surface area contributed by atoms with Crippen LogP contribution in [0, 0.1) is 0 Å². The molecule has 4 rings (SSSR count). The molecule has 0 amide bonds. The number of carbonyl (C=O) groups excluding carboxylic acids is 1. The summed E-state index contributed by atoms with van der Waals surface area (Å²) < 4.78 is 1.06. The smallest absolute Gasteiger partial charge is 0.164 e. The summed E-state index contributed by atoms with van der Waals surface area (Å²) in [6.45, 7) is 0. The number of aromatic nitrogens is 1. The first-order valence-corrected chi connectivity index (χ1v) is 7.42. The lowest BCUT2D eigenvalue weighted by molar-refractivity contribution is 0.0991. The van der Waals surface area contributed by atoms with Gasteiger partial charge in [0.15, 0.2) is 5.78 Å². The Morgan fingerprint density at radius 2 is 1.95 bits per heavy atom. The average Bonchev–Trinajstić information content (AvgIpc) is 3.00. The average molecular weight is 326 g/mol. The minimum absolute atomic E-state index is 0.168. The van der Waals surface area contributed by atoms with E-state index in [1.165, 1.54) is 10.9 Å². The third-order valence-corrected chi connectivity index (χ3v) is 4.57. The van der Waals surface area contributed by atoms with Crippen molar-refractivity contribution < 1.29 is 4.79 Å². The van der Waals surface area contributed by atoms with Crippen molar-refractivity contribution in [2.75, 3.05) is 0 Å². The van der Waals surface area contributed by atoms with Gasteiger partial charge in [0.25, 0.3) is 0 Å². The molecule has 1 atom stereocenters. The maximum Gasteiger partial charge on any atom is 0.164 e. The predicted octanol–water partition coefficient (Wildman–Crippen LogP) is 4.65. The molecule has 0 saturated heterocycles. The van der Waals surface area contributed by atoms with Gasteiger partial charge in [0.1, 0.15) is 0 Å². The van der Waals surface area contributed by atoms with Crippen LogP contribution in [0.2, 0.25) is 0 Å². The van der Waals surface area contributed by atoms with Crippen LogP contribution in [0.15, 0.2) is 53.1 Å². The van der Waals surface area contributed by atoms with Gasteiger partial charge in [-0.15, -0.1) is 0 Å². The highest BCUT2D eigenvalue weighted by Crippen LogP contribution is 2.41. The van der Waals surface area contributed by atoms with Gasteiger partial charge in [-0.3, -0.25) is 4.79 Å². The van der Waals surface area contributed by atoms with Gasteiger partial charge >= 0.3 is 0 Å². The Labute approximate surface area is 124 Å². The predicted molar refractivity (Wildman–Crippen MR) is 83.2 cm³/mol. The van der Waals surface area contributed by atoms with Gasteiger partial charge in [0, 0.05) is 39.5 Å². The number of hydrogen-bond donors (Lipinski definition) is 1. The van der Waals surface area contributed by atoms with E-state index in [1.54, 1.807) is 0 Å². The van der Waals surface area contributed by atoms with Gasteiger partial charge in [0.05, 0.1) is 0 Å². The van der Waals surface area contributed by atoms with E-state index >= 15 is 0 Å². The summed E-state index contributed by atoms with van der Waals surface area (Å²) in [4.78, 5) is 15.5. The van der Waals surface area contributed by atoms with Gasteiger partial charge < -0.3 is 4.98 Å². The second-order valence-corrected chi connectivity index (χ2v) is 6.12. The fourth-order valence-corrected chi connectivity index (χ4v) is 3.50. The van der Waals surface area contributed by atoms with E-state index in [0.717, 1.165) is 21.1 Å². The molecule has 1 aliphatic rings. The fourth-order valence-electron chi connectivity index (χ4n) is 3.14. The topological polar surface area (TPSA) is 32.9 Å². The third kappa shape index (κ3) is 1.66. The number of carbonyl (C=O) groups is 1. The van der Waals surface area contributed by atoms with Crippen LogP contribution in [0.4, 0.5) is 0 Å². The molecule has 3 heteroatoms. The van der Waals surface area contributed by atoms with Crippen LogP contribution < -0.4 is 0 Å². The van der Waals surface area contributed by atoms with E-state index in [9.17, 15) is 4.79 Å². The Hall–Kier alpha value is -1.87. The normalized spacial score (nSPS) is 17.6. The summed E-state index contributed by atoms with van der Waals surface area (Å²) in [7, 11) is 0. The summed E-state index contributed by atoms with van der Waals surface area (Å²) in [5.74, 6) is 0.414. The molecule has 1 heterocycles. The lowest BCUT2D eigenvalue weighted by Crippen LogP contribution is -1.95. The van der Waals surface area contributed by atoms with Crippen molar-refractivity contribution in [3.8, 4) is 0 Å². The monoisotopic (exact) mass is 325 g/mol. The third-order valence-electron chi connectivity index (χ3n) is 4.08. The number of ketones is 1. The molecule has 98 valence electrons. The van der Waals surface area contributed by atoms with Crippen molar-refractivity contribution in [3.63, 3.8) is 0 Å². The molecule has 0 aliphatic heterocycles. The lowest BCUT2D eigenvalue weighted by atomic mass is 9.93. The van der Waals surface area contributed by atoms with Crippen molar-refractivity contribution in [2.24, 2.45) is 0 Å². The van der Waals surface area contributed by atoms with E-state index in [4.69, 9.17) is 0 Å². The zero-order chi connectivity index (χ0) is 13.7. The molecule has 2 nitrogen and oxygen atoms in total. The van der Waals surface area contributed by atoms with Crippen LogP contribution in [-0.4, -0.2) is 10.8 Å². The number of fused-ring (bicyclic) bond motifs is 2. The van der Waals surface area contributed by atoms with E-state index in [2.05, 4.69) is 39.1 Å². The Bertz CT molecular complexity index is 834. The van der Waals surface area contributed by atoms with Crippen LogP contribution >= 0.6 is 15.9 Å². The first kappa shape index (κ1) is 11.9. The van der Waals surface area contributed by atoms with Crippen LogP contribution in [0.1, 0.15) is 33.8 Å². The molecule has 20 heavy (non-hydrogen) atoms. The van der Waals surface area contributed by atoms with Crippen molar-refractivity contribution in [3.05, 3.63) is 69.8 Å². The number of benzene rings is 2.